The molecule has 0 saturated carbocycles. The molecular weight excluding hydrogens is 245 g/mol. The van der Waals surface area contributed by atoms with Gasteiger partial charge in [-0.05, 0) is 30.7 Å². The maximum Gasteiger partial charge on any atom is 0.138 e. The van der Waals surface area contributed by atoms with E-state index in [2.05, 4.69) is 19.2 Å². The summed E-state index contributed by atoms with van der Waals surface area (Å²) in [6.45, 7) is 6.76. The van der Waals surface area contributed by atoms with Gasteiger partial charge in [0.25, 0.3) is 0 Å². The monoisotopic (exact) mass is 261 g/mol. The molecule has 1 N–H and O–H groups in total. The van der Waals surface area contributed by atoms with Crippen molar-refractivity contribution in [1.82, 2.24) is 5.32 Å². The summed E-state index contributed by atoms with van der Waals surface area (Å²) in [5, 5.41) is 4.46. The minimum Gasteiger partial charge on any atom is -0.491 e. The van der Waals surface area contributed by atoms with Gasteiger partial charge in [-0.1, -0.05) is 37.0 Å². The van der Waals surface area contributed by atoms with E-state index in [4.69, 9.17) is 27.9 Å². The standard InChI is InChI=1S/C12H17Cl2NO/c1-9(2)8-15-5-6-16-12-4-3-10(13)7-11(12)14/h3-4,7,9,15H,5-6,8H2,1-2H3. The average Bonchev–Trinajstić information content (AvgIpc) is 2.20. The van der Waals surface area contributed by atoms with Crippen LogP contribution in [0.1, 0.15) is 13.8 Å². The Kier molecular flexibility index (Phi) is 5.96. The average molecular weight is 262 g/mol. The number of benzene rings is 1. The first-order valence-electron chi connectivity index (χ1n) is 5.38. The van der Waals surface area contributed by atoms with Gasteiger partial charge in [-0.25, -0.2) is 0 Å². The summed E-state index contributed by atoms with van der Waals surface area (Å²) in [5.41, 5.74) is 0. The molecule has 2 nitrogen and oxygen atoms in total. The number of halogens is 2. The molecule has 0 heterocycles. The molecule has 1 aromatic rings. The predicted molar refractivity (Wildman–Crippen MR) is 69.7 cm³/mol. The van der Waals surface area contributed by atoms with Crippen molar-refractivity contribution in [2.45, 2.75) is 13.8 Å². The van der Waals surface area contributed by atoms with Gasteiger partial charge in [-0.15, -0.1) is 0 Å². The Morgan fingerprint density at radius 1 is 1.31 bits per heavy atom. The van der Waals surface area contributed by atoms with Gasteiger partial charge < -0.3 is 10.1 Å². The summed E-state index contributed by atoms with van der Waals surface area (Å²) in [6.07, 6.45) is 0. The van der Waals surface area contributed by atoms with Gasteiger partial charge in [0.1, 0.15) is 12.4 Å². The fraction of sp³-hybridized carbons (Fsp3) is 0.500. The van der Waals surface area contributed by atoms with Crippen LogP contribution in [0, 0.1) is 5.92 Å². The van der Waals surface area contributed by atoms with Crippen LogP contribution in [0.5, 0.6) is 5.75 Å². The van der Waals surface area contributed by atoms with Crippen LogP contribution >= 0.6 is 23.2 Å². The van der Waals surface area contributed by atoms with Crippen molar-refractivity contribution in [2.24, 2.45) is 5.92 Å². The Morgan fingerprint density at radius 3 is 2.69 bits per heavy atom. The van der Waals surface area contributed by atoms with Gasteiger partial charge in [0.2, 0.25) is 0 Å². The lowest BCUT2D eigenvalue weighted by Crippen LogP contribution is -2.24. The van der Waals surface area contributed by atoms with E-state index in [0.29, 0.717) is 28.3 Å². The minimum atomic E-state index is 0.552. The maximum atomic E-state index is 5.96. The second kappa shape index (κ2) is 7.00. The van der Waals surface area contributed by atoms with E-state index in [9.17, 15) is 0 Å². The van der Waals surface area contributed by atoms with Crippen molar-refractivity contribution < 1.29 is 4.74 Å². The largest absolute Gasteiger partial charge is 0.491 e. The first-order valence-corrected chi connectivity index (χ1v) is 6.13. The number of nitrogens with one attached hydrogen (secondary N) is 1. The Morgan fingerprint density at radius 2 is 2.06 bits per heavy atom. The van der Waals surface area contributed by atoms with E-state index in [-0.39, 0.29) is 0 Å². The summed E-state index contributed by atoms with van der Waals surface area (Å²) in [4.78, 5) is 0. The predicted octanol–water partition coefficient (Wildman–Crippen LogP) is 3.62. The highest BCUT2D eigenvalue weighted by atomic mass is 35.5. The number of rotatable bonds is 6. The molecule has 0 saturated heterocycles. The van der Waals surface area contributed by atoms with Crippen LogP contribution in [0.25, 0.3) is 0 Å². The molecule has 0 fully saturated rings. The first-order chi connectivity index (χ1) is 7.59. The number of ether oxygens (including phenoxy) is 1. The zero-order valence-electron chi connectivity index (χ0n) is 9.59. The van der Waals surface area contributed by atoms with Crippen LogP contribution in [0.3, 0.4) is 0 Å². The molecule has 1 aromatic carbocycles. The summed E-state index contributed by atoms with van der Waals surface area (Å²) >= 11 is 11.7. The highest BCUT2D eigenvalue weighted by Gasteiger charge is 2.01. The van der Waals surface area contributed by atoms with Gasteiger partial charge in [0.15, 0.2) is 0 Å². The molecule has 1 rings (SSSR count). The number of hydrogen-bond acceptors (Lipinski definition) is 2. The van der Waals surface area contributed by atoms with E-state index >= 15 is 0 Å². The molecule has 0 unspecified atom stereocenters. The van der Waals surface area contributed by atoms with Crippen molar-refractivity contribution in [1.29, 1.82) is 0 Å². The lowest BCUT2D eigenvalue weighted by Gasteiger charge is -2.10. The Labute approximate surface area is 107 Å². The van der Waals surface area contributed by atoms with Gasteiger partial charge >= 0.3 is 0 Å². The fourth-order valence-corrected chi connectivity index (χ4v) is 1.68. The molecular formula is C12H17Cl2NO. The first kappa shape index (κ1) is 13.6. The molecule has 0 aliphatic rings. The Balaban J connectivity index is 2.27. The summed E-state index contributed by atoms with van der Waals surface area (Å²) < 4.78 is 5.52. The molecule has 0 aliphatic heterocycles. The molecule has 0 spiro atoms. The van der Waals surface area contributed by atoms with Crippen molar-refractivity contribution in [2.75, 3.05) is 19.7 Å². The van der Waals surface area contributed by atoms with Gasteiger partial charge in [0.05, 0.1) is 5.02 Å². The molecule has 0 amide bonds. The van der Waals surface area contributed by atoms with Crippen LogP contribution < -0.4 is 10.1 Å². The topological polar surface area (TPSA) is 21.3 Å². The molecule has 0 atom stereocenters. The zero-order valence-corrected chi connectivity index (χ0v) is 11.1. The molecule has 90 valence electrons. The van der Waals surface area contributed by atoms with Crippen molar-refractivity contribution in [3.05, 3.63) is 28.2 Å². The minimum absolute atomic E-state index is 0.552. The third-order valence-corrected chi connectivity index (χ3v) is 2.51. The maximum absolute atomic E-state index is 5.96. The van der Waals surface area contributed by atoms with Crippen LogP contribution in [-0.2, 0) is 0 Å². The van der Waals surface area contributed by atoms with Crippen LogP contribution in [0.2, 0.25) is 10.0 Å². The van der Waals surface area contributed by atoms with Gasteiger partial charge in [0, 0.05) is 11.6 Å². The van der Waals surface area contributed by atoms with Crippen LogP contribution in [0.4, 0.5) is 0 Å². The second-order valence-electron chi connectivity index (χ2n) is 4.02. The molecule has 0 bridgehead atoms. The SMILES string of the molecule is CC(C)CNCCOc1ccc(Cl)cc1Cl. The Bertz CT molecular complexity index is 329. The number of hydrogen-bond donors (Lipinski definition) is 1. The molecule has 0 aliphatic carbocycles. The summed E-state index contributed by atoms with van der Waals surface area (Å²) in [5.74, 6) is 1.33. The quantitative estimate of drug-likeness (QED) is 0.790. The molecule has 0 aromatic heterocycles. The van der Waals surface area contributed by atoms with Crippen molar-refractivity contribution in [3.63, 3.8) is 0 Å². The highest BCUT2D eigenvalue weighted by molar-refractivity contribution is 6.35. The van der Waals surface area contributed by atoms with E-state index in [1.54, 1.807) is 18.2 Å². The smallest absolute Gasteiger partial charge is 0.138 e. The third-order valence-electron chi connectivity index (χ3n) is 1.98. The van der Waals surface area contributed by atoms with Crippen molar-refractivity contribution in [3.8, 4) is 5.75 Å². The normalized spacial score (nSPS) is 10.8. The summed E-state index contributed by atoms with van der Waals surface area (Å²) in [6, 6.07) is 5.23. The van der Waals surface area contributed by atoms with E-state index in [0.717, 1.165) is 13.1 Å². The molecule has 4 heteroatoms. The van der Waals surface area contributed by atoms with E-state index in [1.165, 1.54) is 0 Å². The molecule has 0 radical (unpaired) electrons. The van der Waals surface area contributed by atoms with Crippen LogP contribution in [0.15, 0.2) is 18.2 Å². The lowest BCUT2D eigenvalue weighted by molar-refractivity contribution is 0.311. The highest BCUT2D eigenvalue weighted by Crippen LogP contribution is 2.27. The van der Waals surface area contributed by atoms with Gasteiger partial charge in [-0.2, -0.15) is 0 Å². The molecule has 16 heavy (non-hydrogen) atoms. The van der Waals surface area contributed by atoms with Crippen molar-refractivity contribution >= 4 is 23.2 Å². The van der Waals surface area contributed by atoms with Crippen LogP contribution in [-0.4, -0.2) is 19.7 Å². The summed E-state index contributed by atoms with van der Waals surface area (Å²) in [7, 11) is 0. The zero-order chi connectivity index (χ0) is 12.0. The fourth-order valence-electron chi connectivity index (χ4n) is 1.22. The second-order valence-corrected chi connectivity index (χ2v) is 4.86. The Hall–Kier alpha value is -0.440. The lowest BCUT2D eigenvalue weighted by atomic mass is 10.2. The van der Waals surface area contributed by atoms with E-state index < -0.39 is 0 Å². The van der Waals surface area contributed by atoms with E-state index in [1.807, 2.05) is 0 Å². The van der Waals surface area contributed by atoms with Gasteiger partial charge in [-0.3, -0.25) is 0 Å². The third kappa shape index (κ3) is 5.06.